The Balaban J connectivity index is 1.87. The molecule has 0 aliphatic rings. The second-order valence-corrected chi connectivity index (χ2v) is 6.00. The van der Waals surface area contributed by atoms with Gasteiger partial charge in [0.25, 0.3) is 0 Å². The number of aromatic nitrogens is 3. The minimum Gasteiger partial charge on any atom is -0.294 e. The number of hydrogen-bond acceptors (Lipinski definition) is 3. The number of halogens is 1. The molecular weight excluding hydrogens is 303 g/mol. The van der Waals surface area contributed by atoms with E-state index in [0.717, 1.165) is 11.3 Å². The fraction of sp³-hybridized carbons (Fsp3) is 0.263. The normalized spacial score (nSPS) is 12.5. The SMILES string of the molecule is C[C@@H](c1ccccn1)N(C)Cc1cn(C)nc1-c1ccccc1F. The van der Waals surface area contributed by atoms with Crippen LogP contribution in [0.5, 0.6) is 0 Å². The van der Waals surface area contributed by atoms with Crippen LogP contribution in [0.4, 0.5) is 4.39 Å². The van der Waals surface area contributed by atoms with E-state index in [4.69, 9.17) is 0 Å². The molecule has 2 heterocycles. The number of benzene rings is 1. The van der Waals surface area contributed by atoms with Crippen LogP contribution in [0.15, 0.2) is 54.9 Å². The lowest BCUT2D eigenvalue weighted by Gasteiger charge is -2.24. The summed E-state index contributed by atoms with van der Waals surface area (Å²) in [4.78, 5) is 6.60. The molecular formula is C19H21FN4. The van der Waals surface area contributed by atoms with E-state index in [0.29, 0.717) is 17.8 Å². The van der Waals surface area contributed by atoms with Crippen LogP contribution in [0, 0.1) is 5.82 Å². The van der Waals surface area contributed by atoms with Crippen molar-refractivity contribution in [3.05, 3.63) is 71.9 Å². The van der Waals surface area contributed by atoms with Gasteiger partial charge in [-0.1, -0.05) is 18.2 Å². The maximum Gasteiger partial charge on any atom is 0.132 e. The Bertz CT molecular complexity index is 813. The van der Waals surface area contributed by atoms with Gasteiger partial charge in [-0.3, -0.25) is 14.6 Å². The first kappa shape index (κ1) is 16.3. The molecule has 0 spiro atoms. The van der Waals surface area contributed by atoms with Crippen molar-refractivity contribution in [2.45, 2.75) is 19.5 Å². The van der Waals surface area contributed by atoms with Crippen LogP contribution in [0.2, 0.25) is 0 Å². The molecule has 1 atom stereocenters. The molecule has 0 bridgehead atoms. The average Bonchev–Trinajstić information content (AvgIpc) is 2.95. The first-order valence-electron chi connectivity index (χ1n) is 7.95. The summed E-state index contributed by atoms with van der Waals surface area (Å²) in [5.41, 5.74) is 3.23. The van der Waals surface area contributed by atoms with E-state index in [9.17, 15) is 4.39 Å². The Hall–Kier alpha value is -2.53. The molecule has 2 aromatic heterocycles. The van der Waals surface area contributed by atoms with Crippen molar-refractivity contribution in [2.75, 3.05) is 7.05 Å². The highest BCUT2D eigenvalue weighted by molar-refractivity contribution is 5.63. The Morgan fingerprint density at radius 2 is 1.92 bits per heavy atom. The molecule has 5 heteroatoms. The third kappa shape index (κ3) is 3.36. The number of nitrogens with zero attached hydrogens (tertiary/aromatic N) is 4. The van der Waals surface area contributed by atoms with E-state index in [1.165, 1.54) is 6.07 Å². The van der Waals surface area contributed by atoms with Gasteiger partial charge >= 0.3 is 0 Å². The van der Waals surface area contributed by atoms with Crippen molar-refractivity contribution in [3.8, 4) is 11.3 Å². The largest absolute Gasteiger partial charge is 0.294 e. The van der Waals surface area contributed by atoms with Gasteiger partial charge < -0.3 is 0 Å². The molecule has 0 aliphatic heterocycles. The molecule has 24 heavy (non-hydrogen) atoms. The zero-order chi connectivity index (χ0) is 17.1. The lowest BCUT2D eigenvalue weighted by Crippen LogP contribution is -2.22. The molecule has 3 aromatic rings. The minimum atomic E-state index is -0.252. The standard InChI is InChI=1S/C19H21FN4/c1-14(18-10-6-7-11-21-18)23(2)12-15-13-24(3)22-19(15)16-8-4-5-9-17(16)20/h4-11,13-14H,12H2,1-3H3/t14-/m0/s1. The van der Waals surface area contributed by atoms with Crippen LogP contribution in [0.1, 0.15) is 24.2 Å². The van der Waals surface area contributed by atoms with E-state index < -0.39 is 0 Å². The van der Waals surface area contributed by atoms with Crippen molar-refractivity contribution < 1.29 is 4.39 Å². The summed E-state index contributed by atoms with van der Waals surface area (Å²) in [7, 11) is 3.90. The van der Waals surface area contributed by atoms with E-state index in [1.807, 2.05) is 44.6 Å². The van der Waals surface area contributed by atoms with E-state index in [-0.39, 0.29) is 11.9 Å². The highest BCUT2D eigenvalue weighted by Gasteiger charge is 2.18. The topological polar surface area (TPSA) is 34.0 Å². The highest BCUT2D eigenvalue weighted by atomic mass is 19.1. The van der Waals surface area contributed by atoms with Crippen LogP contribution in [-0.4, -0.2) is 26.7 Å². The number of pyridine rings is 1. The predicted molar refractivity (Wildman–Crippen MR) is 92.7 cm³/mol. The van der Waals surface area contributed by atoms with Gasteiger partial charge in [0.1, 0.15) is 5.82 Å². The van der Waals surface area contributed by atoms with Crippen molar-refractivity contribution in [1.82, 2.24) is 19.7 Å². The number of hydrogen-bond donors (Lipinski definition) is 0. The quantitative estimate of drug-likeness (QED) is 0.715. The molecule has 124 valence electrons. The van der Waals surface area contributed by atoms with Crippen LogP contribution < -0.4 is 0 Å². The van der Waals surface area contributed by atoms with Gasteiger partial charge in [0.05, 0.1) is 11.4 Å². The molecule has 0 amide bonds. The fourth-order valence-corrected chi connectivity index (χ4v) is 2.79. The van der Waals surface area contributed by atoms with Crippen molar-refractivity contribution >= 4 is 0 Å². The number of rotatable bonds is 5. The Labute approximate surface area is 141 Å². The molecule has 1 aromatic carbocycles. The first-order valence-corrected chi connectivity index (χ1v) is 7.95. The molecule has 0 aliphatic carbocycles. The molecule has 0 saturated carbocycles. The minimum absolute atomic E-state index is 0.153. The van der Waals surface area contributed by atoms with Crippen molar-refractivity contribution in [1.29, 1.82) is 0 Å². The summed E-state index contributed by atoms with van der Waals surface area (Å²) >= 11 is 0. The van der Waals surface area contributed by atoms with E-state index >= 15 is 0 Å². The van der Waals surface area contributed by atoms with Crippen LogP contribution in [0.3, 0.4) is 0 Å². The maximum atomic E-state index is 14.2. The van der Waals surface area contributed by atoms with Gasteiger partial charge in [0.15, 0.2) is 0 Å². The van der Waals surface area contributed by atoms with Gasteiger partial charge in [-0.2, -0.15) is 5.10 Å². The van der Waals surface area contributed by atoms with Gasteiger partial charge in [-0.25, -0.2) is 4.39 Å². The number of aryl methyl sites for hydroxylation is 1. The zero-order valence-corrected chi connectivity index (χ0v) is 14.1. The third-order valence-electron chi connectivity index (χ3n) is 4.23. The summed E-state index contributed by atoms with van der Waals surface area (Å²) in [6.07, 6.45) is 3.75. The molecule has 3 rings (SSSR count). The molecule has 0 saturated heterocycles. The van der Waals surface area contributed by atoms with E-state index in [1.54, 1.807) is 23.0 Å². The summed E-state index contributed by atoms with van der Waals surface area (Å²) in [5.74, 6) is -0.252. The Morgan fingerprint density at radius 3 is 2.62 bits per heavy atom. The van der Waals surface area contributed by atoms with Gasteiger partial charge in [0.2, 0.25) is 0 Å². The molecule has 0 N–H and O–H groups in total. The zero-order valence-electron chi connectivity index (χ0n) is 14.1. The second-order valence-electron chi connectivity index (χ2n) is 6.00. The maximum absolute atomic E-state index is 14.2. The monoisotopic (exact) mass is 324 g/mol. The molecule has 4 nitrogen and oxygen atoms in total. The van der Waals surface area contributed by atoms with Crippen LogP contribution in [0.25, 0.3) is 11.3 Å². The third-order valence-corrected chi connectivity index (χ3v) is 4.23. The predicted octanol–water partition coefficient (Wildman–Crippen LogP) is 3.81. The molecule has 0 radical (unpaired) electrons. The molecule has 0 fully saturated rings. The van der Waals surface area contributed by atoms with E-state index in [2.05, 4.69) is 21.9 Å². The van der Waals surface area contributed by atoms with Crippen molar-refractivity contribution in [3.63, 3.8) is 0 Å². The van der Waals surface area contributed by atoms with Crippen LogP contribution in [-0.2, 0) is 13.6 Å². The Kier molecular flexibility index (Phi) is 4.71. The summed E-state index contributed by atoms with van der Waals surface area (Å²) in [6.45, 7) is 2.77. The van der Waals surface area contributed by atoms with Crippen LogP contribution >= 0.6 is 0 Å². The lowest BCUT2D eigenvalue weighted by atomic mass is 10.1. The highest BCUT2D eigenvalue weighted by Crippen LogP contribution is 2.27. The first-order chi connectivity index (χ1) is 11.6. The molecule has 0 unspecified atom stereocenters. The Morgan fingerprint density at radius 1 is 1.17 bits per heavy atom. The van der Waals surface area contributed by atoms with Gasteiger partial charge in [-0.15, -0.1) is 0 Å². The van der Waals surface area contributed by atoms with Gasteiger partial charge in [-0.05, 0) is 38.2 Å². The lowest BCUT2D eigenvalue weighted by molar-refractivity contribution is 0.249. The summed E-state index contributed by atoms with van der Waals surface area (Å²) < 4.78 is 15.9. The fourth-order valence-electron chi connectivity index (χ4n) is 2.79. The van der Waals surface area contributed by atoms with Gasteiger partial charge in [0, 0.05) is 43.2 Å². The van der Waals surface area contributed by atoms with Crippen molar-refractivity contribution in [2.24, 2.45) is 7.05 Å². The second kappa shape index (κ2) is 6.93. The summed E-state index contributed by atoms with van der Waals surface area (Å²) in [5, 5.41) is 4.46. The summed E-state index contributed by atoms with van der Waals surface area (Å²) in [6, 6.07) is 12.8. The average molecular weight is 324 g/mol. The smallest absolute Gasteiger partial charge is 0.132 e.